The minimum atomic E-state index is 0.111. The first kappa shape index (κ1) is 14.2. The molecule has 0 spiro atoms. The zero-order valence-corrected chi connectivity index (χ0v) is 13.8. The van der Waals surface area contributed by atoms with Crippen molar-refractivity contribution in [1.82, 2.24) is 0 Å². The van der Waals surface area contributed by atoms with Gasteiger partial charge in [-0.2, -0.15) is 0 Å². The van der Waals surface area contributed by atoms with Crippen molar-refractivity contribution < 1.29 is 0 Å². The SMILES string of the molecule is CC1CC(Sc2ccccc2Br)C(N)c2ccccc21. The Hall–Kier alpha value is -0.770. The van der Waals surface area contributed by atoms with E-state index in [1.54, 1.807) is 0 Å². The molecule has 1 aliphatic rings. The summed E-state index contributed by atoms with van der Waals surface area (Å²) in [4.78, 5) is 1.28. The Balaban J connectivity index is 1.88. The third-order valence-electron chi connectivity index (χ3n) is 3.99. The second-order valence-electron chi connectivity index (χ2n) is 5.38. The van der Waals surface area contributed by atoms with Crippen LogP contribution in [0.2, 0.25) is 0 Å². The maximum absolute atomic E-state index is 6.51. The molecule has 104 valence electrons. The normalized spacial score (nSPS) is 25.2. The highest BCUT2D eigenvalue weighted by atomic mass is 79.9. The number of hydrogen-bond donors (Lipinski definition) is 1. The molecule has 1 aliphatic carbocycles. The number of fused-ring (bicyclic) bond motifs is 1. The molecule has 0 amide bonds. The number of nitrogens with two attached hydrogens (primary N) is 1. The predicted octanol–water partition coefficient (Wildman–Crippen LogP) is 5.12. The van der Waals surface area contributed by atoms with E-state index in [-0.39, 0.29) is 6.04 Å². The molecule has 3 heteroatoms. The van der Waals surface area contributed by atoms with E-state index in [0.29, 0.717) is 11.2 Å². The summed E-state index contributed by atoms with van der Waals surface area (Å²) in [6.45, 7) is 2.30. The third kappa shape index (κ3) is 2.67. The van der Waals surface area contributed by atoms with Gasteiger partial charge in [-0.15, -0.1) is 11.8 Å². The van der Waals surface area contributed by atoms with Crippen molar-refractivity contribution in [3.63, 3.8) is 0 Å². The molecule has 0 saturated carbocycles. The first-order valence-electron chi connectivity index (χ1n) is 6.92. The second-order valence-corrected chi connectivity index (χ2v) is 7.51. The van der Waals surface area contributed by atoms with Crippen LogP contribution in [0, 0.1) is 0 Å². The maximum atomic E-state index is 6.51. The fourth-order valence-corrected chi connectivity index (χ4v) is 4.82. The summed E-state index contributed by atoms with van der Waals surface area (Å²) < 4.78 is 1.16. The molecular formula is C17H18BrNS. The Labute approximate surface area is 133 Å². The maximum Gasteiger partial charge on any atom is 0.0422 e. The van der Waals surface area contributed by atoms with Crippen LogP contribution in [-0.4, -0.2) is 5.25 Å². The van der Waals surface area contributed by atoms with Crippen LogP contribution in [0.4, 0.5) is 0 Å². The van der Waals surface area contributed by atoms with Crippen molar-refractivity contribution in [3.05, 3.63) is 64.1 Å². The van der Waals surface area contributed by atoms with Gasteiger partial charge in [0.15, 0.2) is 0 Å². The van der Waals surface area contributed by atoms with Crippen LogP contribution < -0.4 is 5.73 Å². The van der Waals surface area contributed by atoms with Crippen LogP contribution in [0.5, 0.6) is 0 Å². The molecule has 1 nitrogen and oxygen atoms in total. The van der Waals surface area contributed by atoms with Crippen molar-refractivity contribution in [1.29, 1.82) is 0 Å². The van der Waals surface area contributed by atoms with Crippen molar-refractivity contribution in [2.75, 3.05) is 0 Å². The van der Waals surface area contributed by atoms with E-state index in [4.69, 9.17) is 5.73 Å². The monoisotopic (exact) mass is 347 g/mol. The van der Waals surface area contributed by atoms with E-state index in [9.17, 15) is 0 Å². The average Bonchev–Trinajstić information content (AvgIpc) is 2.47. The Morgan fingerprint density at radius 2 is 1.70 bits per heavy atom. The molecule has 3 unspecified atom stereocenters. The molecule has 0 fully saturated rings. The average molecular weight is 348 g/mol. The van der Waals surface area contributed by atoms with Crippen LogP contribution in [-0.2, 0) is 0 Å². The lowest BCUT2D eigenvalue weighted by Gasteiger charge is -2.34. The van der Waals surface area contributed by atoms with Gasteiger partial charge in [0.2, 0.25) is 0 Å². The molecule has 3 atom stereocenters. The largest absolute Gasteiger partial charge is 0.323 e. The van der Waals surface area contributed by atoms with Crippen LogP contribution in [0.15, 0.2) is 57.9 Å². The van der Waals surface area contributed by atoms with E-state index < -0.39 is 0 Å². The van der Waals surface area contributed by atoms with Gasteiger partial charge in [0.25, 0.3) is 0 Å². The molecule has 0 saturated heterocycles. The first-order valence-corrected chi connectivity index (χ1v) is 8.59. The Bertz CT molecular complexity index is 613. The van der Waals surface area contributed by atoms with Gasteiger partial charge in [-0.3, -0.25) is 0 Å². The van der Waals surface area contributed by atoms with Gasteiger partial charge in [-0.05, 0) is 51.5 Å². The van der Waals surface area contributed by atoms with Crippen LogP contribution in [0.25, 0.3) is 0 Å². The van der Waals surface area contributed by atoms with Gasteiger partial charge in [0.1, 0.15) is 0 Å². The molecule has 20 heavy (non-hydrogen) atoms. The number of halogens is 1. The number of thioether (sulfide) groups is 1. The Kier molecular flexibility index (Phi) is 4.20. The summed E-state index contributed by atoms with van der Waals surface area (Å²) in [6, 6.07) is 17.1. The smallest absolute Gasteiger partial charge is 0.0422 e. The van der Waals surface area contributed by atoms with Gasteiger partial charge in [0, 0.05) is 20.7 Å². The van der Waals surface area contributed by atoms with Gasteiger partial charge in [-0.1, -0.05) is 43.3 Å². The topological polar surface area (TPSA) is 26.0 Å². The van der Waals surface area contributed by atoms with Gasteiger partial charge in [0.05, 0.1) is 0 Å². The standard InChI is InChI=1S/C17H18BrNS/c1-11-10-16(20-15-9-5-4-8-14(15)18)17(19)13-7-3-2-6-12(11)13/h2-9,11,16-17H,10,19H2,1H3. The molecular weight excluding hydrogens is 330 g/mol. The second kappa shape index (κ2) is 5.92. The fourth-order valence-electron chi connectivity index (χ4n) is 2.91. The van der Waals surface area contributed by atoms with E-state index in [1.165, 1.54) is 16.0 Å². The Morgan fingerprint density at radius 3 is 2.45 bits per heavy atom. The molecule has 3 rings (SSSR count). The lowest BCUT2D eigenvalue weighted by molar-refractivity contribution is 0.527. The molecule has 0 aliphatic heterocycles. The third-order valence-corrected chi connectivity index (χ3v) is 6.34. The summed E-state index contributed by atoms with van der Waals surface area (Å²) in [5.74, 6) is 0.575. The van der Waals surface area contributed by atoms with Crippen LogP contribution in [0.3, 0.4) is 0 Å². The summed E-state index contributed by atoms with van der Waals surface area (Å²) in [5, 5.41) is 0.429. The summed E-state index contributed by atoms with van der Waals surface area (Å²) in [5.41, 5.74) is 9.25. The molecule has 2 aromatic carbocycles. The summed E-state index contributed by atoms with van der Waals surface area (Å²) in [6.07, 6.45) is 1.13. The van der Waals surface area contributed by atoms with Gasteiger partial charge in [-0.25, -0.2) is 0 Å². The van der Waals surface area contributed by atoms with Crippen molar-refractivity contribution in [3.8, 4) is 0 Å². The van der Waals surface area contributed by atoms with Crippen molar-refractivity contribution in [2.45, 2.75) is 35.4 Å². The van der Waals surface area contributed by atoms with Crippen LogP contribution >= 0.6 is 27.7 Å². The number of benzene rings is 2. The first-order chi connectivity index (χ1) is 9.66. The minimum absolute atomic E-state index is 0.111. The summed E-state index contributed by atoms with van der Waals surface area (Å²) in [7, 11) is 0. The molecule has 2 N–H and O–H groups in total. The zero-order valence-electron chi connectivity index (χ0n) is 11.4. The highest BCUT2D eigenvalue weighted by molar-refractivity contribution is 9.10. The predicted molar refractivity (Wildman–Crippen MR) is 90.2 cm³/mol. The Morgan fingerprint density at radius 1 is 1.05 bits per heavy atom. The van der Waals surface area contributed by atoms with Crippen molar-refractivity contribution in [2.24, 2.45) is 5.73 Å². The van der Waals surface area contributed by atoms with E-state index in [2.05, 4.69) is 65.3 Å². The van der Waals surface area contributed by atoms with Gasteiger partial charge < -0.3 is 5.73 Å². The molecule has 0 heterocycles. The number of hydrogen-bond acceptors (Lipinski definition) is 2. The zero-order chi connectivity index (χ0) is 14.1. The lowest BCUT2D eigenvalue weighted by atomic mass is 9.81. The molecule has 2 aromatic rings. The lowest BCUT2D eigenvalue weighted by Crippen LogP contribution is -2.30. The van der Waals surface area contributed by atoms with Gasteiger partial charge >= 0.3 is 0 Å². The van der Waals surface area contributed by atoms with E-state index in [1.807, 2.05) is 17.8 Å². The minimum Gasteiger partial charge on any atom is -0.323 e. The molecule has 0 aromatic heterocycles. The quantitative estimate of drug-likeness (QED) is 0.815. The molecule has 0 bridgehead atoms. The van der Waals surface area contributed by atoms with Crippen molar-refractivity contribution >= 4 is 27.7 Å². The molecule has 0 radical (unpaired) electrons. The number of rotatable bonds is 2. The van der Waals surface area contributed by atoms with E-state index >= 15 is 0 Å². The highest BCUT2D eigenvalue weighted by Crippen LogP contribution is 2.44. The van der Waals surface area contributed by atoms with Crippen LogP contribution in [0.1, 0.15) is 36.4 Å². The van der Waals surface area contributed by atoms with E-state index in [0.717, 1.165) is 10.9 Å². The highest BCUT2D eigenvalue weighted by Gasteiger charge is 2.31. The summed E-state index contributed by atoms with van der Waals surface area (Å²) >= 11 is 5.52. The fraction of sp³-hybridized carbons (Fsp3) is 0.294.